The number of fused-ring (bicyclic) bond motifs is 2. The number of nitrogens with zero attached hydrogens (tertiary/aromatic N) is 10. The van der Waals surface area contributed by atoms with Crippen LogP contribution in [0.3, 0.4) is 0 Å². The van der Waals surface area contributed by atoms with Gasteiger partial charge < -0.3 is 18.9 Å². The zero-order valence-corrected chi connectivity index (χ0v) is 15.3. The fourth-order valence-electron chi connectivity index (χ4n) is 3.66. The van der Waals surface area contributed by atoms with E-state index in [1.54, 1.807) is 19.0 Å². The number of aryl methyl sites for hydroxylation is 2. The number of anilines is 2. The first-order valence-electron chi connectivity index (χ1n) is 9.04. The van der Waals surface area contributed by atoms with Gasteiger partial charge in [-0.1, -0.05) is 0 Å². The van der Waals surface area contributed by atoms with Gasteiger partial charge in [-0.05, 0) is 6.92 Å². The molecule has 0 bridgehead atoms. The second kappa shape index (κ2) is 6.15. The van der Waals surface area contributed by atoms with Gasteiger partial charge in [0, 0.05) is 39.8 Å². The van der Waals surface area contributed by atoms with Crippen LogP contribution in [0.1, 0.15) is 6.92 Å². The summed E-state index contributed by atoms with van der Waals surface area (Å²) in [4.78, 5) is 31.1. The normalized spacial score (nSPS) is 15.2. The quantitative estimate of drug-likeness (QED) is 0.528. The van der Waals surface area contributed by atoms with Crippen LogP contribution in [0.15, 0.2) is 25.3 Å². The van der Waals surface area contributed by atoms with E-state index >= 15 is 0 Å². The van der Waals surface area contributed by atoms with Crippen molar-refractivity contribution in [2.45, 2.75) is 13.5 Å². The molecule has 10 heteroatoms. The van der Waals surface area contributed by atoms with Crippen LogP contribution in [-0.2, 0) is 13.6 Å². The number of rotatable bonds is 3. The molecule has 5 rings (SSSR count). The molecule has 0 aliphatic carbocycles. The number of hydrogen-bond donors (Lipinski definition) is 0. The van der Waals surface area contributed by atoms with Crippen LogP contribution in [0, 0.1) is 0 Å². The fraction of sp³-hybridized carbons (Fsp3) is 0.412. The SMILES string of the molecule is CCn1cnc2c(N3CCN(c4ncnc5ncn(C)c45)CC3)ncnc21. The van der Waals surface area contributed by atoms with Gasteiger partial charge >= 0.3 is 0 Å². The first-order chi connectivity index (χ1) is 13.3. The van der Waals surface area contributed by atoms with Gasteiger partial charge in [0.2, 0.25) is 0 Å². The Hall–Kier alpha value is -3.30. The van der Waals surface area contributed by atoms with E-state index in [0.717, 1.165) is 66.7 Å². The van der Waals surface area contributed by atoms with E-state index in [1.807, 2.05) is 22.5 Å². The van der Waals surface area contributed by atoms with E-state index in [-0.39, 0.29) is 0 Å². The van der Waals surface area contributed by atoms with E-state index in [0.29, 0.717) is 0 Å². The van der Waals surface area contributed by atoms with Gasteiger partial charge in [-0.3, -0.25) is 0 Å². The molecule has 1 fully saturated rings. The Kier molecular flexibility index (Phi) is 3.62. The molecule has 27 heavy (non-hydrogen) atoms. The Morgan fingerprint density at radius 1 is 0.815 bits per heavy atom. The summed E-state index contributed by atoms with van der Waals surface area (Å²) in [5.41, 5.74) is 3.45. The second-order valence-electron chi connectivity index (χ2n) is 6.60. The topological polar surface area (TPSA) is 93.7 Å². The van der Waals surface area contributed by atoms with Gasteiger partial charge in [0.15, 0.2) is 28.4 Å². The van der Waals surface area contributed by atoms with Crippen molar-refractivity contribution in [1.82, 2.24) is 39.0 Å². The molecule has 0 radical (unpaired) electrons. The van der Waals surface area contributed by atoms with Crippen molar-refractivity contribution in [3.8, 4) is 0 Å². The summed E-state index contributed by atoms with van der Waals surface area (Å²) < 4.78 is 4.01. The van der Waals surface area contributed by atoms with Crippen molar-refractivity contribution in [2.75, 3.05) is 36.0 Å². The van der Waals surface area contributed by atoms with Crippen molar-refractivity contribution >= 4 is 34.0 Å². The van der Waals surface area contributed by atoms with Crippen molar-refractivity contribution in [1.29, 1.82) is 0 Å². The van der Waals surface area contributed by atoms with E-state index < -0.39 is 0 Å². The third-order valence-electron chi connectivity index (χ3n) is 5.09. The molecule has 0 amide bonds. The molecule has 138 valence electrons. The van der Waals surface area contributed by atoms with Gasteiger partial charge in [0.05, 0.1) is 12.7 Å². The van der Waals surface area contributed by atoms with Crippen molar-refractivity contribution in [2.24, 2.45) is 7.05 Å². The Morgan fingerprint density at radius 3 is 2.30 bits per heavy atom. The first kappa shape index (κ1) is 15.9. The van der Waals surface area contributed by atoms with Gasteiger partial charge in [-0.25, -0.2) is 29.9 Å². The lowest BCUT2D eigenvalue weighted by atomic mass is 10.3. The number of aromatic nitrogens is 8. The second-order valence-corrected chi connectivity index (χ2v) is 6.60. The molecule has 0 spiro atoms. The molecule has 0 saturated carbocycles. The molecule has 10 nitrogen and oxygen atoms in total. The number of piperazine rings is 1. The lowest BCUT2D eigenvalue weighted by Crippen LogP contribution is -2.47. The standard InChI is InChI=1S/C17H20N10/c1-3-25-11-22-12-15(25)19-9-20-16(12)26-4-6-27(7-5-26)17-13-14(18-8-21-17)23-10-24(13)2/h8-11H,3-7H2,1-2H3. The molecule has 0 unspecified atom stereocenters. The monoisotopic (exact) mass is 364 g/mol. The zero-order valence-electron chi connectivity index (χ0n) is 15.3. The van der Waals surface area contributed by atoms with Gasteiger partial charge in [-0.2, -0.15) is 0 Å². The molecule has 1 aliphatic rings. The smallest absolute Gasteiger partial charge is 0.182 e. The summed E-state index contributed by atoms with van der Waals surface area (Å²) in [5, 5.41) is 0. The molecule has 5 heterocycles. The minimum Gasteiger partial charge on any atom is -0.351 e. The average Bonchev–Trinajstić information content (AvgIpc) is 3.31. The third kappa shape index (κ3) is 2.47. The third-order valence-corrected chi connectivity index (χ3v) is 5.09. The Balaban J connectivity index is 1.42. The predicted octanol–water partition coefficient (Wildman–Crippen LogP) is 0.849. The van der Waals surface area contributed by atoms with Gasteiger partial charge in [0.25, 0.3) is 0 Å². The molecular formula is C17H20N10. The molecule has 0 atom stereocenters. The van der Waals surface area contributed by atoms with Crippen LogP contribution < -0.4 is 9.80 Å². The lowest BCUT2D eigenvalue weighted by Gasteiger charge is -2.36. The van der Waals surface area contributed by atoms with Gasteiger partial charge in [-0.15, -0.1) is 0 Å². The summed E-state index contributed by atoms with van der Waals surface area (Å²) in [6.45, 7) is 6.30. The zero-order chi connectivity index (χ0) is 18.4. The molecular weight excluding hydrogens is 344 g/mol. The minimum absolute atomic E-state index is 0.729. The predicted molar refractivity (Wildman–Crippen MR) is 102 cm³/mol. The largest absolute Gasteiger partial charge is 0.351 e. The van der Waals surface area contributed by atoms with E-state index in [4.69, 9.17) is 0 Å². The van der Waals surface area contributed by atoms with E-state index in [9.17, 15) is 0 Å². The van der Waals surface area contributed by atoms with E-state index in [2.05, 4.69) is 46.6 Å². The summed E-state index contributed by atoms with van der Waals surface area (Å²) in [5.74, 6) is 1.84. The van der Waals surface area contributed by atoms with Crippen LogP contribution in [-0.4, -0.2) is 65.2 Å². The van der Waals surface area contributed by atoms with Crippen LogP contribution >= 0.6 is 0 Å². The Bertz CT molecular complexity index is 1110. The van der Waals surface area contributed by atoms with Crippen LogP contribution in [0.5, 0.6) is 0 Å². The summed E-state index contributed by atoms with van der Waals surface area (Å²) in [6, 6.07) is 0. The molecule has 1 saturated heterocycles. The Morgan fingerprint density at radius 2 is 1.52 bits per heavy atom. The van der Waals surface area contributed by atoms with Crippen molar-refractivity contribution in [3.05, 3.63) is 25.3 Å². The maximum atomic E-state index is 4.54. The fourth-order valence-corrected chi connectivity index (χ4v) is 3.66. The maximum absolute atomic E-state index is 4.54. The summed E-state index contributed by atoms with van der Waals surface area (Å²) in [6.07, 6.45) is 6.82. The first-order valence-corrected chi connectivity index (χ1v) is 9.04. The number of imidazole rings is 2. The van der Waals surface area contributed by atoms with Crippen molar-refractivity contribution in [3.63, 3.8) is 0 Å². The highest BCUT2D eigenvalue weighted by molar-refractivity contribution is 5.85. The average molecular weight is 364 g/mol. The van der Waals surface area contributed by atoms with Crippen LogP contribution in [0.25, 0.3) is 22.3 Å². The minimum atomic E-state index is 0.729. The van der Waals surface area contributed by atoms with Gasteiger partial charge in [0.1, 0.15) is 18.2 Å². The molecule has 0 aromatic carbocycles. The van der Waals surface area contributed by atoms with Crippen LogP contribution in [0.2, 0.25) is 0 Å². The summed E-state index contributed by atoms with van der Waals surface area (Å²) in [7, 11) is 1.97. The van der Waals surface area contributed by atoms with E-state index in [1.165, 1.54) is 0 Å². The Labute approximate surface area is 155 Å². The highest BCUT2D eigenvalue weighted by Crippen LogP contribution is 2.26. The highest BCUT2D eigenvalue weighted by atomic mass is 15.3. The van der Waals surface area contributed by atoms with Crippen LogP contribution in [0.4, 0.5) is 11.6 Å². The number of hydrogen-bond acceptors (Lipinski definition) is 8. The molecule has 4 aromatic heterocycles. The maximum Gasteiger partial charge on any atom is 0.182 e. The highest BCUT2D eigenvalue weighted by Gasteiger charge is 2.24. The molecule has 1 aliphatic heterocycles. The molecule has 4 aromatic rings. The van der Waals surface area contributed by atoms with Crippen molar-refractivity contribution < 1.29 is 0 Å². The summed E-state index contributed by atoms with van der Waals surface area (Å²) >= 11 is 0. The molecule has 0 N–H and O–H groups in total. The lowest BCUT2D eigenvalue weighted by molar-refractivity contribution is 0.642.